The second-order valence-electron chi connectivity index (χ2n) is 6.97. The van der Waals surface area contributed by atoms with E-state index in [2.05, 4.69) is 24.4 Å². The van der Waals surface area contributed by atoms with Crippen LogP contribution in [0.2, 0.25) is 0 Å². The highest BCUT2D eigenvalue weighted by molar-refractivity contribution is 6.02. The third kappa shape index (κ3) is 3.12. The summed E-state index contributed by atoms with van der Waals surface area (Å²) < 4.78 is 5.58. The molecule has 138 valence electrons. The van der Waals surface area contributed by atoms with Crippen molar-refractivity contribution in [1.82, 2.24) is 4.90 Å². The largest absolute Gasteiger partial charge is 0.467 e. The topological polar surface area (TPSA) is 45.5 Å². The van der Waals surface area contributed by atoms with Crippen LogP contribution in [0.15, 0.2) is 77.4 Å². The number of anilines is 1. The molecule has 1 unspecified atom stereocenters. The average Bonchev–Trinajstić information content (AvgIpc) is 3.23. The highest BCUT2D eigenvalue weighted by Gasteiger charge is 2.45. The molecule has 1 N–H and O–H groups in total. The van der Waals surface area contributed by atoms with Crippen LogP contribution in [0.4, 0.5) is 5.69 Å². The second kappa shape index (κ2) is 7.31. The highest BCUT2D eigenvalue weighted by atomic mass is 16.3. The molecule has 0 aliphatic carbocycles. The van der Waals surface area contributed by atoms with Gasteiger partial charge in [0.05, 0.1) is 18.4 Å². The molecule has 3 aromatic rings. The predicted molar refractivity (Wildman–Crippen MR) is 106 cm³/mol. The maximum absolute atomic E-state index is 13.5. The molecule has 0 saturated heterocycles. The SMILES string of the molecule is CCCCC1(c2ccccc2)Nc2ccccc2C(=O)N1Cc1ccco1. The molecule has 0 bridgehead atoms. The number of rotatable bonds is 6. The van der Waals surface area contributed by atoms with E-state index in [9.17, 15) is 4.79 Å². The standard InChI is InChI=1S/C23H24N2O2/c1-2-3-15-23(18-10-5-4-6-11-18)24-21-14-8-7-13-20(21)22(26)25(23)17-19-12-9-16-27-19/h4-14,16,24H,2-3,15,17H2,1H3. The van der Waals surface area contributed by atoms with Crippen LogP contribution >= 0.6 is 0 Å². The van der Waals surface area contributed by atoms with Gasteiger partial charge in [0.1, 0.15) is 11.4 Å². The Morgan fingerprint density at radius 3 is 2.52 bits per heavy atom. The molecule has 4 heteroatoms. The summed E-state index contributed by atoms with van der Waals surface area (Å²) >= 11 is 0. The van der Waals surface area contributed by atoms with Crippen molar-refractivity contribution >= 4 is 11.6 Å². The Hall–Kier alpha value is -3.01. The van der Waals surface area contributed by atoms with E-state index in [0.717, 1.165) is 36.3 Å². The Balaban J connectivity index is 1.87. The monoisotopic (exact) mass is 360 g/mol. The fraction of sp³-hybridized carbons (Fsp3) is 0.261. The summed E-state index contributed by atoms with van der Waals surface area (Å²) in [6.07, 6.45) is 4.54. The Morgan fingerprint density at radius 2 is 1.78 bits per heavy atom. The zero-order valence-electron chi connectivity index (χ0n) is 15.5. The lowest BCUT2D eigenvalue weighted by Gasteiger charge is -2.49. The lowest BCUT2D eigenvalue weighted by molar-refractivity contribution is 0.0411. The number of para-hydroxylation sites is 1. The number of furan rings is 1. The molecule has 1 aliphatic heterocycles. The third-order valence-corrected chi connectivity index (χ3v) is 5.24. The molecule has 1 aromatic heterocycles. The molecule has 2 aromatic carbocycles. The Morgan fingerprint density at radius 1 is 1.00 bits per heavy atom. The van der Waals surface area contributed by atoms with Crippen molar-refractivity contribution in [2.75, 3.05) is 5.32 Å². The quantitative estimate of drug-likeness (QED) is 0.641. The molecule has 2 heterocycles. The molecule has 0 saturated carbocycles. The first-order chi connectivity index (χ1) is 13.2. The predicted octanol–water partition coefficient (Wildman–Crippen LogP) is 5.39. The van der Waals surface area contributed by atoms with E-state index < -0.39 is 5.66 Å². The van der Waals surface area contributed by atoms with Crippen LogP contribution in [0.3, 0.4) is 0 Å². The van der Waals surface area contributed by atoms with Gasteiger partial charge in [0.15, 0.2) is 0 Å². The Labute approximate surface area is 159 Å². The van der Waals surface area contributed by atoms with Crippen molar-refractivity contribution in [3.8, 4) is 0 Å². The number of hydrogen-bond donors (Lipinski definition) is 1. The molecular weight excluding hydrogens is 336 g/mol. The molecule has 0 fully saturated rings. The van der Waals surface area contributed by atoms with Gasteiger partial charge in [0, 0.05) is 5.69 Å². The van der Waals surface area contributed by atoms with E-state index in [1.54, 1.807) is 6.26 Å². The molecule has 1 amide bonds. The number of amides is 1. The fourth-order valence-corrected chi connectivity index (χ4v) is 3.87. The number of carbonyl (C=O) groups excluding carboxylic acids is 1. The number of unbranched alkanes of at least 4 members (excludes halogenated alkanes) is 1. The minimum atomic E-state index is -0.602. The van der Waals surface area contributed by atoms with E-state index >= 15 is 0 Å². The smallest absolute Gasteiger partial charge is 0.258 e. The van der Waals surface area contributed by atoms with Gasteiger partial charge < -0.3 is 14.6 Å². The minimum absolute atomic E-state index is 0.0284. The molecule has 27 heavy (non-hydrogen) atoms. The number of carbonyl (C=O) groups is 1. The van der Waals surface area contributed by atoms with Crippen LogP contribution < -0.4 is 5.32 Å². The van der Waals surface area contributed by atoms with Gasteiger partial charge in [-0.15, -0.1) is 0 Å². The second-order valence-corrected chi connectivity index (χ2v) is 6.97. The van der Waals surface area contributed by atoms with Gasteiger partial charge in [-0.05, 0) is 42.7 Å². The van der Waals surface area contributed by atoms with Gasteiger partial charge in [0.25, 0.3) is 5.91 Å². The minimum Gasteiger partial charge on any atom is -0.467 e. The van der Waals surface area contributed by atoms with Crippen molar-refractivity contribution in [2.24, 2.45) is 0 Å². The van der Waals surface area contributed by atoms with Crippen molar-refractivity contribution in [2.45, 2.75) is 38.4 Å². The third-order valence-electron chi connectivity index (χ3n) is 5.24. The first kappa shape index (κ1) is 17.4. The number of nitrogens with zero attached hydrogens (tertiary/aromatic N) is 1. The summed E-state index contributed by atoms with van der Waals surface area (Å²) in [7, 11) is 0. The summed E-state index contributed by atoms with van der Waals surface area (Å²) in [6, 6.07) is 21.8. The van der Waals surface area contributed by atoms with Crippen LogP contribution in [0.5, 0.6) is 0 Å². The summed E-state index contributed by atoms with van der Waals surface area (Å²) in [5, 5.41) is 3.72. The Kier molecular flexibility index (Phi) is 4.71. The van der Waals surface area contributed by atoms with E-state index in [-0.39, 0.29) is 5.91 Å². The van der Waals surface area contributed by atoms with Gasteiger partial charge in [-0.3, -0.25) is 4.79 Å². The van der Waals surface area contributed by atoms with Gasteiger partial charge in [-0.25, -0.2) is 0 Å². The fourth-order valence-electron chi connectivity index (χ4n) is 3.87. The molecule has 4 rings (SSSR count). The first-order valence-corrected chi connectivity index (χ1v) is 9.51. The van der Waals surface area contributed by atoms with E-state index in [4.69, 9.17) is 4.42 Å². The summed E-state index contributed by atoms with van der Waals surface area (Å²) in [4.78, 5) is 15.5. The number of benzene rings is 2. The van der Waals surface area contributed by atoms with Crippen molar-refractivity contribution in [3.63, 3.8) is 0 Å². The van der Waals surface area contributed by atoms with Gasteiger partial charge in [-0.1, -0.05) is 55.8 Å². The van der Waals surface area contributed by atoms with Crippen LogP contribution in [0.1, 0.15) is 47.9 Å². The lowest BCUT2D eigenvalue weighted by atomic mass is 9.87. The highest BCUT2D eigenvalue weighted by Crippen LogP contribution is 2.42. The van der Waals surface area contributed by atoms with Crippen LogP contribution in [0, 0.1) is 0 Å². The van der Waals surface area contributed by atoms with E-state index in [1.165, 1.54) is 0 Å². The van der Waals surface area contributed by atoms with Gasteiger partial charge in [-0.2, -0.15) is 0 Å². The molecule has 1 atom stereocenters. The summed E-state index contributed by atoms with van der Waals surface area (Å²) in [5.41, 5.74) is 2.08. The number of hydrogen-bond acceptors (Lipinski definition) is 3. The molecule has 4 nitrogen and oxygen atoms in total. The summed E-state index contributed by atoms with van der Waals surface area (Å²) in [6.45, 7) is 2.60. The molecule has 0 radical (unpaired) electrons. The molecular formula is C23H24N2O2. The van der Waals surface area contributed by atoms with Crippen LogP contribution in [-0.2, 0) is 12.2 Å². The van der Waals surface area contributed by atoms with Crippen molar-refractivity contribution < 1.29 is 9.21 Å². The Bertz CT molecular complexity index is 905. The zero-order chi connectivity index (χ0) is 18.7. The van der Waals surface area contributed by atoms with E-state index in [1.807, 2.05) is 59.5 Å². The number of nitrogens with one attached hydrogen (secondary N) is 1. The molecule has 1 aliphatic rings. The maximum Gasteiger partial charge on any atom is 0.258 e. The molecule has 0 spiro atoms. The van der Waals surface area contributed by atoms with Gasteiger partial charge >= 0.3 is 0 Å². The van der Waals surface area contributed by atoms with Crippen molar-refractivity contribution in [1.29, 1.82) is 0 Å². The average molecular weight is 360 g/mol. The maximum atomic E-state index is 13.5. The zero-order valence-corrected chi connectivity index (χ0v) is 15.5. The lowest BCUT2D eigenvalue weighted by Crippen LogP contribution is -2.57. The van der Waals surface area contributed by atoms with Gasteiger partial charge in [0.2, 0.25) is 0 Å². The van der Waals surface area contributed by atoms with Crippen LogP contribution in [0.25, 0.3) is 0 Å². The van der Waals surface area contributed by atoms with E-state index in [0.29, 0.717) is 12.1 Å². The first-order valence-electron chi connectivity index (χ1n) is 9.51. The summed E-state index contributed by atoms with van der Waals surface area (Å²) in [5.74, 6) is 0.807. The van der Waals surface area contributed by atoms with Crippen molar-refractivity contribution in [3.05, 3.63) is 89.9 Å². The number of fused-ring (bicyclic) bond motifs is 1. The van der Waals surface area contributed by atoms with Crippen LogP contribution in [-0.4, -0.2) is 10.8 Å². The normalized spacial score (nSPS) is 18.9.